The molecule has 0 saturated heterocycles. The van der Waals surface area contributed by atoms with Gasteiger partial charge in [-0.15, -0.1) is 0 Å². The predicted octanol–water partition coefficient (Wildman–Crippen LogP) is 1.91. The van der Waals surface area contributed by atoms with Crippen LogP contribution in [0.2, 0.25) is 0 Å². The minimum atomic E-state index is 1.21. The molecule has 0 heterocycles. The molecule has 42 valence electrons. The quantitative estimate of drug-likeness (QED) is 0.531. The zero-order valence-electron chi connectivity index (χ0n) is 4.99. The summed E-state index contributed by atoms with van der Waals surface area (Å²) in [6, 6.07) is 0. The van der Waals surface area contributed by atoms with Crippen molar-refractivity contribution in [3.63, 3.8) is 0 Å². The summed E-state index contributed by atoms with van der Waals surface area (Å²) in [5, 5.41) is 5.23. The summed E-state index contributed by atoms with van der Waals surface area (Å²) in [4.78, 5) is 1.21. The normalized spacial score (nSPS) is 8.57. The smallest absolute Gasteiger partial charge is 0.00435 e. The van der Waals surface area contributed by atoms with Gasteiger partial charge in [0.1, 0.15) is 0 Å². The lowest BCUT2D eigenvalue weighted by Gasteiger charge is -1.93. The van der Waals surface area contributed by atoms with Gasteiger partial charge in [-0.2, -0.15) is 0 Å². The Labute approximate surface area is 49.1 Å². The van der Waals surface area contributed by atoms with Crippen molar-refractivity contribution in [1.82, 2.24) is 0 Å². The summed E-state index contributed by atoms with van der Waals surface area (Å²) in [7, 11) is 0. The first-order chi connectivity index (χ1) is 3.18. The second-order valence-corrected chi connectivity index (χ2v) is 2.52. The molecule has 0 amide bonds. The van der Waals surface area contributed by atoms with Crippen LogP contribution in [0.1, 0.15) is 20.8 Å². The molecule has 2 N–H and O–H groups in total. The van der Waals surface area contributed by atoms with E-state index in [1.807, 2.05) is 6.92 Å². The van der Waals surface area contributed by atoms with E-state index in [9.17, 15) is 0 Å². The second kappa shape index (κ2) is 3.10. The third-order valence-electron chi connectivity index (χ3n) is 0.881. The summed E-state index contributed by atoms with van der Waals surface area (Å²) in [5.41, 5.74) is 1.30. The standard InChI is InChI=1S/C5H11NS/c1-4(2)5(3)7-6/h6H2,1-3H3. The highest BCUT2D eigenvalue weighted by Crippen LogP contribution is 2.10. The summed E-state index contributed by atoms with van der Waals surface area (Å²) in [6.45, 7) is 6.12. The molecule has 0 unspecified atom stereocenters. The Morgan fingerprint density at radius 3 is 1.71 bits per heavy atom. The van der Waals surface area contributed by atoms with E-state index in [4.69, 9.17) is 5.14 Å². The first-order valence-electron chi connectivity index (χ1n) is 2.19. The van der Waals surface area contributed by atoms with Crippen molar-refractivity contribution >= 4 is 11.9 Å². The third-order valence-corrected chi connectivity index (χ3v) is 1.64. The molecule has 7 heavy (non-hydrogen) atoms. The fourth-order valence-corrected chi connectivity index (χ4v) is 0.354. The Kier molecular flexibility index (Phi) is 3.13. The maximum Gasteiger partial charge on any atom is -0.00435 e. The molecule has 0 bridgehead atoms. The first kappa shape index (κ1) is 7.05. The van der Waals surface area contributed by atoms with E-state index in [1.54, 1.807) is 0 Å². The van der Waals surface area contributed by atoms with E-state index >= 15 is 0 Å². The van der Waals surface area contributed by atoms with E-state index in [1.165, 1.54) is 22.4 Å². The molecule has 1 nitrogen and oxygen atoms in total. The molecule has 0 aromatic rings. The van der Waals surface area contributed by atoms with Crippen LogP contribution in [0.3, 0.4) is 0 Å². The fourth-order valence-electron chi connectivity index (χ4n) is 0.118. The second-order valence-electron chi connectivity index (χ2n) is 1.67. The molecular weight excluding hydrogens is 106 g/mol. The highest BCUT2D eigenvalue weighted by Gasteiger charge is 1.84. The van der Waals surface area contributed by atoms with E-state index in [2.05, 4.69) is 13.8 Å². The van der Waals surface area contributed by atoms with Gasteiger partial charge in [0, 0.05) is 0 Å². The highest BCUT2D eigenvalue weighted by atomic mass is 32.2. The number of hydrogen-bond donors (Lipinski definition) is 1. The minimum Gasteiger partial charge on any atom is -0.274 e. The van der Waals surface area contributed by atoms with Gasteiger partial charge in [0.2, 0.25) is 0 Å². The Hall–Kier alpha value is 0.0500. The molecule has 2 heteroatoms. The molecule has 0 saturated carbocycles. The van der Waals surface area contributed by atoms with Crippen molar-refractivity contribution in [2.24, 2.45) is 5.14 Å². The Bertz CT molecular complexity index is 82.1. The number of hydrogen-bond acceptors (Lipinski definition) is 2. The third kappa shape index (κ3) is 2.71. The first-order valence-corrected chi connectivity index (χ1v) is 3.07. The molecule has 0 aromatic carbocycles. The largest absolute Gasteiger partial charge is 0.274 e. The number of allylic oxidation sites excluding steroid dienone is 2. The maximum atomic E-state index is 5.23. The van der Waals surface area contributed by atoms with Gasteiger partial charge in [0.15, 0.2) is 0 Å². The van der Waals surface area contributed by atoms with Crippen molar-refractivity contribution in [2.75, 3.05) is 0 Å². The van der Waals surface area contributed by atoms with Gasteiger partial charge in [-0.25, -0.2) is 0 Å². The van der Waals surface area contributed by atoms with Crippen LogP contribution in [-0.2, 0) is 0 Å². The van der Waals surface area contributed by atoms with Gasteiger partial charge in [-0.3, -0.25) is 5.14 Å². The van der Waals surface area contributed by atoms with Crippen molar-refractivity contribution in [2.45, 2.75) is 20.8 Å². The van der Waals surface area contributed by atoms with Crippen molar-refractivity contribution in [1.29, 1.82) is 0 Å². The van der Waals surface area contributed by atoms with E-state index in [0.29, 0.717) is 0 Å². The number of rotatable bonds is 1. The number of nitrogens with two attached hydrogens (primary N) is 1. The molecule has 0 aliphatic rings. The summed E-state index contributed by atoms with van der Waals surface area (Å²) < 4.78 is 0. The van der Waals surface area contributed by atoms with Crippen LogP contribution in [-0.4, -0.2) is 0 Å². The Morgan fingerprint density at radius 1 is 1.29 bits per heavy atom. The SMILES string of the molecule is CC(C)=C(C)SN. The lowest BCUT2D eigenvalue weighted by molar-refractivity contribution is 1.34. The molecule has 0 spiro atoms. The summed E-state index contributed by atoms with van der Waals surface area (Å²) in [5.74, 6) is 0. The average molecular weight is 117 g/mol. The zero-order chi connectivity index (χ0) is 5.86. The van der Waals surface area contributed by atoms with Gasteiger partial charge in [0.05, 0.1) is 0 Å². The molecule has 0 rings (SSSR count). The molecular formula is C5H11NS. The molecule has 0 radical (unpaired) electrons. The van der Waals surface area contributed by atoms with Crippen molar-refractivity contribution in [3.8, 4) is 0 Å². The predicted molar refractivity (Wildman–Crippen MR) is 35.8 cm³/mol. The highest BCUT2D eigenvalue weighted by molar-refractivity contribution is 8.00. The Balaban J connectivity index is 3.72. The van der Waals surface area contributed by atoms with Gasteiger partial charge in [-0.05, 0) is 25.7 Å². The van der Waals surface area contributed by atoms with Gasteiger partial charge in [0.25, 0.3) is 0 Å². The van der Waals surface area contributed by atoms with E-state index in [-0.39, 0.29) is 0 Å². The lowest BCUT2D eigenvalue weighted by Crippen LogP contribution is -1.79. The maximum absolute atomic E-state index is 5.23. The van der Waals surface area contributed by atoms with Crippen LogP contribution in [0.15, 0.2) is 10.5 Å². The van der Waals surface area contributed by atoms with Crippen LogP contribution < -0.4 is 5.14 Å². The van der Waals surface area contributed by atoms with Gasteiger partial charge in [-0.1, -0.05) is 17.5 Å². The van der Waals surface area contributed by atoms with Crippen LogP contribution in [0.5, 0.6) is 0 Å². The van der Waals surface area contributed by atoms with Crippen LogP contribution >= 0.6 is 11.9 Å². The topological polar surface area (TPSA) is 26.0 Å². The van der Waals surface area contributed by atoms with Crippen molar-refractivity contribution < 1.29 is 0 Å². The fraction of sp³-hybridized carbons (Fsp3) is 0.600. The molecule has 0 atom stereocenters. The minimum absolute atomic E-state index is 1.21. The van der Waals surface area contributed by atoms with Crippen LogP contribution in [0.25, 0.3) is 0 Å². The molecule has 0 aromatic heterocycles. The van der Waals surface area contributed by atoms with Gasteiger partial charge < -0.3 is 0 Å². The van der Waals surface area contributed by atoms with Crippen LogP contribution in [0.4, 0.5) is 0 Å². The molecule has 0 fully saturated rings. The van der Waals surface area contributed by atoms with Gasteiger partial charge >= 0.3 is 0 Å². The average Bonchev–Trinajstić information content (AvgIpc) is 1.65. The van der Waals surface area contributed by atoms with Crippen LogP contribution in [0, 0.1) is 0 Å². The van der Waals surface area contributed by atoms with E-state index in [0.717, 1.165) is 0 Å². The van der Waals surface area contributed by atoms with Crippen molar-refractivity contribution in [3.05, 3.63) is 10.5 Å². The summed E-state index contributed by atoms with van der Waals surface area (Å²) >= 11 is 1.31. The van der Waals surface area contributed by atoms with E-state index < -0.39 is 0 Å². The Morgan fingerprint density at radius 2 is 1.71 bits per heavy atom. The lowest BCUT2D eigenvalue weighted by atomic mass is 10.3. The zero-order valence-corrected chi connectivity index (χ0v) is 5.80. The monoisotopic (exact) mass is 117 g/mol. The molecule has 0 aliphatic heterocycles. The molecule has 0 aliphatic carbocycles. The summed E-state index contributed by atoms with van der Waals surface area (Å²) in [6.07, 6.45) is 0.